The van der Waals surface area contributed by atoms with Gasteiger partial charge in [0.15, 0.2) is 25.0 Å². The molecule has 85 heavy (non-hydrogen) atoms. The van der Waals surface area contributed by atoms with E-state index in [9.17, 15) is 101 Å². The van der Waals surface area contributed by atoms with E-state index in [1.54, 1.807) is 0 Å². The van der Waals surface area contributed by atoms with Gasteiger partial charge in [0.2, 0.25) is 6.29 Å². The molecule has 32 atom stereocenters. The number of rotatable bonds is 14. The smallest absolute Gasteiger partial charge is 0.340 e. The number of fused-ring (bicyclic) bond motifs is 7. The molecular formula is C57H90O28. The first-order valence-electron chi connectivity index (χ1n) is 29.5. The molecule has 486 valence electrons. The number of hydrogen-bond acceptors (Lipinski definition) is 26. The number of ether oxygens (including phenoxy) is 8. The minimum atomic E-state index is -2.34. The molecule has 9 rings (SSSR count). The lowest BCUT2D eigenvalue weighted by Crippen LogP contribution is -2.75. The van der Waals surface area contributed by atoms with Gasteiger partial charge in [-0.05, 0) is 83.9 Å². The fraction of sp³-hybridized carbons (Fsp3) is 0.912. The van der Waals surface area contributed by atoms with E-state index in [4.69, 9.17) is 37.9 Å². The molecule has 0 radical (unpaired) electrons. The molecule has 9 aliphatic rings. The molecule has 0 aromatic carbocycles. The third-order valence-electron chi connectivity index (χ3n) is 22.9. The summed E-state index contributed by atoms with van der Waals surface area (Å²) in [6, 6.07) is 0. The Kier molecular flexibility index (Phi) is 18.7. The van der Waals surface area contributed by atoms with Gasteiger partial charge in [0, 0.05) is 10.8 Å². The Hall–Kier alpha value is -2.73. The van der Waals surface area contributed by atoms with Gasteiger partial charge in [-0.2, -0.15) is 0 Å². The molecule has 4 saturated carbocycles. The van der Waals surface area contributed by atoms with Gasteiger partial charge in [0.05, 0.1) is 56.6 Å². The van der Waals surface area contributed by atoms with Crippen LogP contribution < -0.4 is 0 Å². The van der Waals surface area contributed by atoms with Gasteiger partial charge in [-0.15, -0.1) is 0 Å². The Morgan fingerprint density at radius 3 is 1.74 bits per heavy atom. The van der Waals surface area contributed by atoms with Crippen LogP contribution in [0.1, 0.15) is 93.9 Å². The Morgan fingerprint density at radius 2 is 1.20 bits per heavy atom. The molecule has 28 nitrogen and oxygen atoms in total. The van der Waals surface area contributed by atoms with E-state index in [1.807, 2.05) is 40.7 Å². The highest BCUT2D eigenvalue weighted by atomic mass is 16.8. The van der Waals surface area contributed by atoms with E-state index < -0.39 is 236 Å². The third-order valence-corrected chi connectivity index (χ3v) is 22.9. The zero-order valence-electron chi connectivity index (χ0n) is 48.9. The van der Waals surface area contributed by atoms with Gasteiger partial charge in [-0.1, -0.05) is 67.0 Å². The number of aliphatic hydroxyl groups is 15. The van der Waals surface area contributed by atoms with Crippen LogP contribution in [0.5, 0.6) is 0 Å². The van der Waals surface area contributed by atoms with Crippen LogP contribution in [0.25, 0.3) is 0 Å². The van der Waals surface area contributed by atoms with E-state index in [0.29, 0.717) is 31.3 Å². The van der Waals surface area contributed by atoms with Crippen LogP contribution in [0.15, 0.2) is 11.6 Å². The zero-order chi connectivity index (χ0) is 62.9. The molecule has 0 spiro atoms. The molecule has 28 heteroatoms. The molecule has 4 heterocycles. The van der Waals surface area contributed by atoms with Gasteiger partial charge in [0.25, 0.3) is 0 Å². The van der Waals surface area contributed by atoms with Gasteiger partial charge in [-0.25, -0.2) is 4.79 Å². The largest absolute Gasteiger partial charge is 0.481 e. The number of carboxylic acid groups (broad SMARTS) is 2. The molecular weight excluding hydrogens is 1130 g/mol. The summed E-state index contributed by atoms with van der Waals surface area (Å²) in [4.78, 5) is 40.6. The van der Waals surface area contributed by atoms with E-state index in [2.05, 4.69) is 13.8 Å². The number of allylic oxidation sites excluding steroid dienone is 1. The number of hydrogen-bond donors (Lipinski definition) is 17. The van der Waals surface area contributed by atoms with Crippen molar-refractivity contribution in [2.45, 2.75) is 229 Å². The summed E-state index contributed by atoms with van der Waals surface area (Å²) in [5.74, 6) is -9.23. The van der Waals surface area contributed by atoms with Gasteiger partial charge < -0.3 is 125 Å². The predicted molar refractivity (Wildman–Crippen MR) is 282 cm³/mol. The minimum absolute atomic E-state index is 0.198. The van der Waals surface area contributed by atoms with Crippen molar-refractivity contribution < 1.29 is 139 Å². The van der Waals surface area contributed by atoms with Gasteiger partial charge in [-0.3, -0.25) is 9.59 Å². The third kappa shape index (κ3) is 10.3. The Labute approximate surface area is 490 Å². The number of esters is 1. The van der Waals surface area contributed by atoms with Crippen molar-refractivity contribution in [1.82, 2.24) is 0 Å². The van der Waals surface area contributed by atoms with E-state index >= 15 is 0 Å². The molecule has 0 bridgehead atoms. The maximum atomic E-state index is 14.4. The van der Waals surface area contributed by atoms with Crippen molar-refractivity contribution >= 4 is 17.9 Å². The summed E-state index contributed by atoms with van der Waals surface area (Å²) in [5, 5.41) is 188. The molecule has 8 fully saturated rings. The molecule has 0 aromatic rings. The van der Waals surface area contributed by atoms with Gasteiger partial charge >= 0.3 is 17.9 Å². The van der Waals surface area contributed by atoms with Crippen LogP contribution in [0.3, 0.4) is 0 Å². The van der Waals surface area contributed by atoms with Crippen LogP contribution in [-0.4, -0.2) is 266 Å². The Bertz CT molecular complexity index is 2460. The number of carbonyl (C=O) groups excluding carboxylic acids is 1. The molecule has 4 saturated heterocycles. The summed E-state index contributed by atoms with van der Waals surface area (Å²) in [7, 11) is 0. The highest BCUT2D eigenvalue weighted by Gasteiger charge is 2.76. The lowest BCUT2D eigenvalue weighted by Gasteiger charge is -2.74. The number of carboxylic acids is 2. The zero-order valence-corrected chi connectivity index (χ0v) is 48.9. The SMILES string of the molecule is CC(C(=O)O)[C@H]1[C@H](C(=O)O)[C@]2(CO)[C@H](O)[C@H](O)[C@]3(C)C(=CC[C@@H]4[C@@]5(C)CC[C@H](O[C@@H]6O[C@H](C(=O)O[C@@H]7OC[C@@H](O)[C@@H](O)[C@@H]7O)[C@@H](O)[C@H](O[C@@H]7O[C@H](CO)[C@@H](O)[C@H](O)[C@H]7O)[C@H]6O[C@@H]6O[C@H](CO)[C@@H](O)[C@H](O)[C@H]6O)C(C)(C)[C@@H]5CC[C@]43C)[C@@H]2CC1(C)C. The first kappa shape index (κ1) is 66.7. The van der Waals surface area contributed by atoms with Crippen molar-refractivity contribution in [3.63, 3.8) is 0 Å². The lowest BCUT2D eigenvalue weighted by molar-refractivity contribution is -0.397. The first-order valence-corrected chi connectivity index (χ1v) is 29.5. The summed E-state index contributed by atoms with van der Waals surface area (Å²) < 4.78 is 47.9. The van der Waals surface area contributed by atoms with Crippen LogP contribution in [0, 0.1) is 68.0 Å². The lowest BCUT2D eigenvalue weighted by atomic mass is 9.31. The maximum absolute atomic E-state index is 14.4. The quantitative estimate of drug-likeness (QED) is 0.0445. The number of aliphatic hydroxyl groups excluding tert-OH is 15. The maximum Gasteiger partial charge on any atom is 0.340 e. The Morgan fingerprint density at radius 1 is 0.635 bits per heavy atom. The molecule has 1 unspecified atom stereocenters. The molecule has 4 aliphatic heterocycles. The highest BCUT2D eigenvalue weighted by molar-refractivity contribution is 5.77. The summed E-state index contributed by atoms with van der Waals surface area (Å²) in [6.07, 6.45) is -37.7. The number of carbonyl (C=O) groups is 3. The average Bonchev–Trinajstić information content (AvgIpc) is 0.668. The second-order valence-electron chi connectivity index (χ2n) is 27.7. The van der Waals surface area contributed by atoms with Crippen LogP contribution in [0.2, 0.25) is 0 Å². The van der Waals surface area contributed by atoms with E-state index in [0.717, 1.165) is 0 Å². The second kappa shape index (κ2) is 23.8. The predicted octanol–water partition coefficient (Wildman–Crippen LogP) is -4.20. The summed E-state index contributed by atoms with van der Waals surface area (Å²) >= 11 is 0. The van der Waals surface area contributed by atoms with Crippen LogP contribution in [-0.2, 0) is 52.3 Å². The second-order valence-corrected chi connectivity index (χ2v) is 27.7. The normalized spacial score (nSPS) is 52.5. The Balaban J connectivity index is 1.08. The number of aliphatic carboxylic acids is 2. The van der Waals surface area contributed by atoms with Crippen LogP contribution >= 0.6 is 0 Å². The van der Waals surface area contributed by atoms with E-state index in [1.165, 1.54) is 6.92 Å². The molecule has 17 N–H and O–H groups in total. The standard InChI is InChI=1S/C57H90O28/c1-20(45(73)74)29-30(46(75)76)57(19-60)22(15-52(29,2)3)21-9-10-27-54(6)13-12-28(53(4,5)26(54)11-14-55(27,7)56(21,8)43(71)44(57)72)81-51-42(84-50-38(69)35(66)33(64)25(17-59)80-50)40(82-49-37(68)34(65)32(63)24(16-58)79-49)39(70)41(83-51)47(77)85-48-36(67)31(62)23(61)18-78-48/h9,20,22-44,48-51,58-72H,10-19H2,1-8H3,(H,73,74)(H,75,76)/t20?,22-,23+,24+,25+,26-,27+,28-,29-,30+,31+,32+,33+,34-,35-,36-,37+,38+,39-,40-,41-,42+,43-,44+,48-,49-,50-,51+,54-,55+,56-,57+/m0/s1. The van der Waals surface area contributed by atoms with Crippen molar-refractivity contribution in [2.75, 3.05) is 26.4 Å². The summed E-state index contributed by atoms with van der Waals surface area (Å²) in [5.41, 5.74) is -5.70. The monoisotopic (exact) mass is 1220 g/mol. The van der Waals surface area contributed by atoms with Crippen molar-refractivity contribution in [3.8, 4) is 0 Å². The molecule has 5 aliphatic carbocycles. The molecule has 0 aromatic heterocycles. The van der Waals surface area contributed by atoms with E-state index in [-0.39, 0.29) is 24.7 Å². The fourth-order valence-electron chi connectivity index (χ4n) is 18.1. The summed E-state index contributed by atoms with van der Waals surface area (Å²) in [6.45, 7) is 11.7. The minimum Gasteiger partial charge on any atom is -0.481 e. The fourth-order valence-corrected chi connectivity index (χ4v) is 18.1. The van der Waals surface area contributed by atoms with Gasteiger partial charge in [0.1, 0.15) is 85.5 Å². The van der Waals surface area contributed by atoms with Crippen molar-refractivity contribution in [1.29, 1.82) is 0 Å². The average molecular weight is 1220 g/mol. The van der Waals surface area contributed by atoms with Crippen molar-refractivity contribution in [2.24, 2.45) is 68.0 Å². The van der Waals surface area contributed by atoms with Crippen molar-refractivity contribution in [3.05, 3.63) is 11.6 Å². The molecule has 0 amide bonds. The topological polar surface area (TPSA) is 469 Å². The first-order chi connectivity index (χ1) is 39.6. The highest BCUT2D eigenvalue weighted by Crippen LogP contribution is 2.77. The van der Waals surface area contributed by atoms with Crippen LogP contribution in [0.4, 0.5) is 0 Å².